The average Bonchev–Trinajstić information content (AvgIpc) is 3.15. The summed E-state index contributed by atoms with van der Waals surface area (Å²) in [6, 6.07) is 3.68. The number of nitrogens with one attached hydrogen (secondary N) is 1. The molecule has 8 nitrogen and oxygen atoms in total. The van der Waals surface area contributed by atoms with Crippen molar-refractivity contribution in [3.8, 4) is 0 Å². The van der Waals surface area contributed by atoms with Crippen LogP contribution in [0.4, 0.5) is 0 Å². The zero-order valence-corrected chi connectivity index (χ0v) is 16.0. The third-order valence-corrected chi connectivity index (χ3v) is 5.06. The van der Waals surface area contributed by atoms with Crippen molar-refractivity contribution >= 4 is 11.7 Å². The summed E-state index contributed by atoms with van der Waals surface area (Å²) in [5, 5.41) is 0. The number of rotatable bonds is 5. The Morgan fingerprint density at radius 1 is 1.29 bits per heavy atom. The van der Waals surface area contributed by atoms with Crippen LogP contribution in [0.3, 0.4) is 0 Å². The fourth-order valence-corrected chi connectivity index (χ4v) is 3.62. The molecule has 0 unspecified atom stereocenters. The van der Waals surface area contributed by atoms with Gasteiger partial charge in [0.05, 0.1) is 23.5 Å². The summed E-state index contributed by atoms with van der Waals surface area (Å²) in [6.07, 6.45) is 3.79. The summed E-state index contributed by atoms with van der Waals surface area (Å²) in [5.74, 6) is 1.69. The van der Waals surface area contributed by atoms with E-state index in [0.29, 0.717) is 24.7 Å². The highest BCUT2D eigenvalue weighted by Crippen LogP contribution is 2.19. The van der Waals surface area contributed by atoms with Gasteiger partial charge in [0.1, 0.15) is 18.1 Å². The van der Waals surface area contributed by atoms with Gasteiger partial charge in [0.15, 0.2) is 5.82 Å². The summed E-state index contributed by atoms with van der Waals surface area (Å²) in [7, 11) is 0. The molecule has 0 aromatic carbocycles. The van der Waals surface area contributed by atoms with Crippen LogP contribution in [0, 0.1) is 0 Å². The highest BCUT2D eigenvalue weighted by Gasteiger charge is 2.23. The molecule has 0 amide bonds. The Bertz CT molecular complexity index is 959. The fraction of sp³-hybridized carbons (Fsp3) is 0.500. The molecule has 8 heteroatoms. The van der Waals surface area contributed by atoms with Gasteiger partial charge in [-0.05, 0) is 31.4 Å². The second-order valence-corrected chi connectivity index (χ2v) is 7.23. The fourth-order valence-electron chi connectivity index (χ4n) is 3.62. The van der Waals surface area contributed by atoms with Crippen molar-refractivity contribution in [1.29, 1.82) is 0 Å². The van der Waals surface area contributed by atoms with Crippen LogP contribution in [0.25, 0.3) is 0 Å². The van der Waals surface area contributed by atoms with Gasteiger partial charge < -0.3 is 14.1 Å². The van der Waals surface area contributed by atoms with Crippen LogP contribution in [-0.4, -0.2) is 39.6 Å². The molecule has 0 saturated heterocycles. The third-order valence-electron chi connectivity index (χ3n) is 5.06. The van der Waals surface area contributed by atoms with Crippen LogP contribution in [0.15, 0.2) is 26.3 Å². The number of hydrogen-bond acceptors (Lipinski definition) is 7. The third kappa shape index (κ3) is 4.22. The van der Waals surface area contributed by atoms with E-state index in [1.165, 1.54) is 6.92 Å². The van der Waals surface area contributed by atoms with E-state index >= 15 is 0 Å². The van der Waals surface area contributed by atoms with Crippen molar-refractivity contribution in [2.45, 2.75) is 52.3 Å². The van der Waals surface area contributed by atoms with Gasteiger partial charge in [-0.3, -0.25) is 19.5 Å². The first-order valence-corrected chi connectivity index (χ1v) is 9.67. The first-order valence-electron chi connectivity index (χ1n) is 9.67. The highest BCUT2D eigenvalue weighted by atomic mass is 16.5. The molecular formula is C20H24N4O4. The molecule has 0 radical (unpaired) electrons. The van der Waals surface area contributed by atoms with Crippen LogP contribution in [-0.2, 0) is 35.6 Å². The number of aromatic amines is 1. The molecule has 1 N–H and O–H groups in total. The van der Waals surface area contributed by atoms with Crippen molar-refractivity contribution in [1.82, 2.24) is 14.9 Å². The number of nitrogens with zero attached hydrogens (tertiary/aromatic N) is 3. The molecule has 0 atom stereocenters. The predicted molar refractivity (Wildman–Crippen MR) is 102 cm³/mol. The largest absolute Gasteiger partial charge is 0.461 e. The summed E-state index contributed by atoms with van der Waals surface area (Å²) >= 11 is 0. The lowest BCUT2D eigenvalue weighted by atomic mass is 10.1. The minimum atomic E-state index is -0.337. The number of esters is 1. The molecule has 28 heavy (non-hydrogen) atoms. The summed E-state index contributed by atoms with van der Waals surface area (Å²) in [4.78, 5) is 37.8. The molecule has 0 spiro atoms. The lowest BCUT2D eigenvalue weighted by Gasteiger charge is -2.27. The van der Waals surface area contributed by atoms with Crippen molar-refractivity contribution in [3.05, 3.63) is 51.1 Å². The Labute approximate surface area is 162 Å². The first-order chi connectivity index (χ1) is 13.6. The molecule has 2 aliphatic rings. The molecule has 0 aliphatic carbocycles. The number of H-pyrrole nitrogens is 1. The van der Waals surface area contributed by atoms with Crippen molar-refractivity contribution in [2.75, 3.05) is 13.1 Å². The monoisotopic (exact) mass is 384 g/mol. The zero-order valence-electron chi connectivity index (χ0n) is 16.0. The lowest BCUT2D eigenvalue weighted by molar-refractivity contribution is -0.142. The number of aliphatic imine (C=N–C) groups is 1. The van der Waals surface area contributed by atoms with Gasteiger partial charge in [-0.25, -0.2) is 4.98 Å². The molecule has 4 heterocycles. The quantitative estimate of drug-likeness (QED) is 0.791. The van der Waals surface area contributed by atoms with E-state index in [-0.39, 0.29) is 18.1 Å². The minimum Gasteiger partial charge on any atom is -0.461 e. The number of carbonyl (C=O) groups excluding carboxylic acids is 1. The van der Waals surface area contributed by atoms with E-state index in [1.807, 2.05) is 12.1 Å². The van der Waals surface area contributed by atoms with E-state index < -0.39 is 0 Å². The number of hydrogen-bond donors (Lipinski definition) is 1. The van der Waals surface area contributed by atoms with Gasteiger partial charge in [0.25, 0.3) is 5.56 Å². The molecule has 4 rings (SSSR count). The second-order valence-electron chi connectivity index (χ2n) is 7.23. The van der Waals surface area contributed by atoms with Gasteiger partial charge in [0.2, 0.25) is 0 Å². The van der Waals surface area contributed by atoms with E-state index in [9.17, 15) is 9.59 Å². The van der Waals surface area contributed by atoms with Gasteiger partial charge in [-0.1, -0.05) is 0 Å². The maximum Gasteiger partial charge on any atom is 0.303 e. The van der Waals surface area contributed by atoms with Gasteiger partial charge in [-0.15, -0.1) is 0 Å². The van der Waals surface area contributed by atoms with Gasteiger partial charge in [-0.2, -0.15) is 0 Å². The van der Waals surface area contributed by atoms with Crippen LogP contribution in [0.5, 0.6) is 0 Å². The van der Waals surface area contributed by atoms with Gasteiger partial charge >= 0.3 is 5.97 Å². The smallest absolute Gasteiger partial charge is 0.303 e. The minimum absolute atomic E-state index is 0.0760. The normalized spacial score (nSPS) is 17.1. The second kappa shape index (κ2) is 8.10. The predicted octanol–water partition coefficient (Wildman–Crippen LogP) is 1.96. The summed E-state index contributed by atoms with van der Waals surface area (Å²) in [6.45, 7) is 4.24. The van der Waals surface area contributed by atoms with Crippen molar-refractivity contribution < 1.29 is 13.9 Å². The van der Waals surface area contributed by atoms with E-state index in [0.717, 1.165) is 61.5 Å². The number of aromatic nitrogens is 2. The van der Waals surface area contributed by atoms with Crippen molar-refractivity contribution in [2.24, 2.45) is 4.99 Å². The van der Waals surface area contributed by atoms with E-state index in [1.54, 1.807) is 0 Å². The standard InChI is InChI=1S/C20H24N4O4/c1-13(25)27-12-15-6-5-14(28-15)10-24-9-7-17-16(11-24)20(26)23-19(22-17)18-4-2-3-8-21-18/h5-6H,2-4,7-12H2,1H3,(H,22,23,26). The summed E-state index contributed by atoms with van der Waals surface area (Å²) < 4.78 is 10.7. The number of ether oxygens (including phenoxy) is 1. The van der Waals surface area contributed by atoms with Crippen LogP contribution in [0.1, 0.15) is 54.8 Å². The number of furan rings is 1. The molecule has 2 aromatic rings. The lowest BCUT2D eigenvalue weighted by Crippen LogP contribution is -2.36. The summed E-state index contributed by atoms with van der Waals surface area (Å²) in [5.41, 5.74) is 2.44. The molecule has 2 aromatic heterocycles. The highest BCUT2D eigenvalue weighted by molar-refractivity contribution is 5.97. The molecule has 0 fully saturated rings. The molecule has 0 bridgehead atoms. The van der Waals surface area contributed by atoms with Crippen molar-refractivity contribution in [3.63, 3.8) is 0 Å². The van der Waals surface area contributed by atoms with Gasteiger partial charge in [0, 0.05) is 33.0 Å². The molecule has 0 saturated carbocycles. The maximum atomic E-state index is 12.6. The molecule has 2 aliphatic heterocycles. The molecule has 148 valence electrons. The number of fused-ring (bicyclic) bond motifs is 1. The Balaban J connectivity index is 1.44. The average molecular weight is 384 g/mol. The van der Waals surface area contributed by atoms with Crippen LogP contribution >= 0.6 is 0 Å². The Kier molecular flexibility index (Phi) is 5.38. The zero-order chi connectivity index (χ0) is 19.5. The number of carbonyl (C=O) groups is 1. The SMILES string of the molecule is CC(=O)OCc1ccc(CN2CCc3nc(C4=NCCCC4)[nH]c(=O)c3C2)o1. The maximum absolute atomic E-state index is 12.6. The topological polar surface area (TPSA) is 101 Å². The Morgan fingerprint density at radius 3 is 2.93 bits per heavy atom. The first kappa shape index (κ1) is 18.6. The Hall–Kier alpha value is -2.74. The van der Waals surface area contributed by atoms with Crippen LogP contribution in [0.2, 0.25) is 0 Å². The van der Waals surface area contributed by atoms with E-state index in [2.05, 4.69) is 14.9 Å². The van der Waals surface area contributed by atoms with E-state index in [4.69, 9.17) is 14.1 Å². The Morgan fingerprint density at radius 2 is 2.14 bits per heavy atom. The van der Waals surface area contributed by atoms with Crippen LogP contribution < -0.4 is 5.56 Å². The molecular weight excluding hydrogens is 360 g/mol.